The molecule has 11 rings (SSSR count). The van der Waals surface area contributed by atoms with Crippen LogP contribution in [0.3, 0.4) is 0 Å². The molecular formula is C42H25BN2O4. The first-order valence-corrected chi connectivity index (χ1v) is 16.4. The van der Waals surface area contributed by atoms with Crippen molar-refractivity contribution in [2.75, 3.05) is 9.80 Å². The molecule has 0 aromatic heterocycles. The Morgan fingerprint density at radius 3 is 1.14 bits per heavy atom. The smallest absolute Gasteiger partial charge is 0.521 e. The van der Waals surface area contributed by atoms with Gasteiger partial charge in [-0.15, -0.1) is 0 Å². The second kappa shape index (κ2) is 9.95. The third-order valence-electron chi connectivity index (χ3n) is 9.70. The third kappa shape index (κ3) is 3.84. The number of para-hydroxylation sites is 8. The van der Waals surface area contributed by atoms with Crippen LogP contribution in [-0.2, 0) is 0 Å². The summed E-state index contributed by atoms with van der Waals surface area (Å²) < 4.78 is 25.8. The van der Waals surface area contributed by atoms with Crippen LogP contribution >= 0.6 is 0 Å². The molecule has 0 fully saturated rings. The van der Waals surface area contributed by atoms with Crippen molar-refractivity contribution in [3.05, 3.63) is 152 Å². The molecule has 4 heterocycles. The molecule has 7 heteroatoms. The van der Waals surface area contributed by atoms with Crippen LogP contribution in [0.15, 0.2) is 152 Å². The van der Waals surface area contributed by atoms with E-state index in [1.165, 1.54) is 0 Å². The summed E-state index contributed by atoms with van der Waals surface area (Å²) in [5, 5.41) is 0. The molecule has 0 radical (unpaired) electrons. The molecule has 0 bridgehead atoms. The van der Waals surface area contributed by atoms with Gasteiger partial charge in [0, 0.05) is 28.0 Å². The second-order valence-corrected chi connectivity index (χ2v) is 12.4. The first-order valence-electron chi connectivity index (χ1n) is 16.4. The number of benzene rings is 7. The average Bonchev–Trinajstić information content (AvgIpc) is 3.16. The molecule has 4 aliphatic heterocycles. The molecule has 0 N–H and O–H groups in total. The molecule has 0 spiro atoms. The molecule has 0 saturated carbocycles. The lowest BCUT2D eigenvalue weighted by atomic mass is 9.66. The van der Waals surface area contributed by atoms with E-state index in [4.69, 9.17) is 18.8 Å². The quantitative estimate of drug-likeness (QED) is 0.177. The minimum Gasteiger partial charge on any atom is -0.521 e. The molecule has 0 atom stereocenters. The fraction of sp³-hybridized carbons (Fsp3) is 0. The maximum atomic E-state index is 6.62. The minimum atomic E-state index is -0.558. The van der Waals surface area contributed by atoms with Crippen LogP contribution in [0, 0.1) is 0 Å². The van der Waals surface area contributed by atoms with Crippen LogP contribution in [0.2, 0.25) is 0 Å². The molecule has 230 valence electrons. The Morgan fingerprint density at radius 1 is 0.347 bits per heavy atom. The topological polar surface area (TPSA) is 43.4 Å². The highest BCUT2D eigenvalue weighted by Gasteiger charge is 2.42. The predicted octanol–water partition coefficient (Wildman–Crippen LogP) is 10.7. The van der Waals surface area contributed by atoms with Gasteiger partial charge in [-0.1, -0.05) is 66.7 Å². The van der Waals surface area contributed by atoms with Gasteiger partial charge in [0.1, 0.15) is 11.5 Å². The number of fused-ring (bicyclic) bond motifs is 8. The Bertz CT molecular complexity index is 2260. The Labute approximate surface area is 283 Å². The van der Waals surface area contributed by atoms with Gasteiger partial charge in [-0.2, -0.15) is 0 Å². The molecule has 6 nitrogen and oxygen atoms in total. The van der Waals surface area contributed by atoms with E-state index in [1.54, 1.807) is 0 Å². The molecule has 49 heavy (non-hydrogen) atoms. The molecule has 7 aromatic rings. The molecule has 4 aliphatic rings. The van der Waals surface area contributed by atoms with Crippen molar-refractivity contribution >= 4 is 46.7 Å². The van der Waals surface area contributed by atoms with E-state index in [0.29, 0.717) is 0 Å². The highest BCUT2D eigenvalue weighted by molar-refractivity contribution is 6.68. The zero-order valence-electron chi connectivity index (χ0n) is 26.0. The van der Waals surface area contributed by atoms with E-state index in [0.717, 1.165) is 96.3 Å². The zero-order chi connectivity index (χ0) is 32.1. The molecule has 0 unspecified atom stereocenters. The summed E-state index contributed by atoms with van der Waals surface area (Å²) in [6.45, 7) is 0. The van der Waals surface area contributed by atoms with Gasteiger partial charge >= 0.3 is 7.12 Å². The van der Waals surface area contributed by atoms with Gasteiger partial charge in [-0.25, -0.2) is 0 Å². The molecule has 0 aliphatic carbocycles. The number of hydrogen-bond acceptors (Lipinski definition) is 6. The number of anilines is 6. The lowest BCUT2D eigenvalue weighted by Gasteiger charge is -2.36. The predicted molar refractivity (Wildman–Crippen MR) is 193 cm³/mol. The van der Waals surface area contributed by atoms with E-state index in [-0.39, 0.29) is 0 Å². The van der Waals surface area contributed by atoms with E-state index >= 15 is 0 Å². The number of ether oxygens (including phenoxy) is 2. The second-order valence-electron chi connectivity index (χ2n) is 12.4. The van der Waals surface area contributed by atoms with E-state index in [2.05, 4.69) is 88.7 Å². The van der Waals surface area contributed by atoms with Gasteiger partial charge in [-0.05, 0) is 96.1 Å². The summed E-state index contributed by atoms with van der Waals surface area (Å²) in [4.78, 5) is 4.51. The van der Waals surface area contributed by atoms with Crippen molar-refractivity contribution in [1.82, 2.24) is 0 Å². The first kappa shape index (κ1) is 26.5. The van der Waals surface area contributed by atoms with Crippen LogP contribution < -0.4 is 34.0 Å². The Morgan fingerprint density at radius 2 is 0.735 bits per heavy atom. The van der Waals surface area contributed by atoms with Crippen LogP contribution in [0.4, 0.5) is 34.1 Å². The van der Waals surface area contributed by atoms with Crippen LogP contribution in [0.5, 0.6) is 34.5 Å². The normalized spacial score (nSPS) is 13.8. The van der Waals surface area contributed by atoms with E-state index in [1.807, 2.05) is 72.8 Å². The molecular weight excluding hydrogens is 607 g/mol. The summed E-state index contributed by atoms with van der Waals surface area (Å²) in [6, 6.07) is 51.8. The van der Waals surface area contributed by atoms with Crippen molar-refractivity contribution in [3.8, 4) is 56.8 Å². The summed E-state index contributed by atoms with van der Waals surface area (Å²) >= 11 is 0. The number of nitrogens with zero attached hydrogens (tertiary/aromatic N) is 2. The average molecular weight is 632 g/mol. The van der Waals surface area contributed by atoms with Gasteiger partial charge in [0.05, 0.1) is 22.7 Å². The Kier molecular flexibility index (Phi) is 5.38. The number of rotatable bonds is 2. The van der Waals surface area contributed by atoms with Crippen molar-refractivity contribution in [3.63, 3.8) is 0 Å². The van der Waals surface area contributed by atoms with E-state index in [9.17, 15) is 0 Å². The monoisotopic (exact) mass is 632 g/mol. The molecule has 0 saturated heterocycles. The zero-order valence-corrected chi connectivity index (χ0v) is 26.0. The summed E-state index contributed by atoms with van der Waals surface area (Å²) in [7, 11) is -0.558. The largest absolute Gasteiger partial charge is 0.633 e. The fourth-order valence-electron chi connectivity index (χ4n) is 7.57. The van der Waals surface area contributed by atoms with Gasteiger partial charge in [0.15, 0.2) is 23.0 Å². The summed E-state index contributed by atoms with van der Waals surface area (Å²) in [6.07, 6.45) is 0. The Balaban J connectivity index is 1.05. The van der Waals surface area contributed by atoms with Crippen LogP contribution in [0.25, 0.3) is 22.3 Å². The van der Waals surface area contributed by atoms with Gasteiger partial charge < -0.3 is 28.6 Å². The number of hydrogen-bond donors (Lipinski definition) is 0. The lowest BCUT2D eigenvalue weighted by molar-refractivity contribution is 0.436. The van der Waals surface area contributed by atoms with Crippen LogP contribution in [-0.4, -0.2) is 7.12 Å². The first-order chi connectivity index (χ1) is 24.3. The van der Waals surface area contributed by atoms with Crippen molar-refractivity contribution in [2.45, 2.75) is 0 Å². The lowest BCUT2D eigenvalue weighted by Crippen LogP contribution is -2.49. The third-order valence-corrected chi connectivity index (χ3v) is 9.70. The van der Waals surface area contributed by atoms with Crippen molar-refractivity contribution < 1.29 is 18.8 Å². The molecule has 7 aromatic carbocycles. The Hall–Kier alpha value is -6.60. The standard InChI is InChI=1S/C42H25BN2O4/c1-5-16-38-32(12-1)44(33-13-2-6-17-39(33)46-38)26-20-22-36-30(24-26)28-10-9-11-29-31-25-27(21-23-37(31)49-43(48-36)42(28)29)45-34-14-3-7-18-40(34)47-41-19-8-4-15-35(41)45/h1-25H. The SMILES string of the molecule is c1ccc2c(c1)Oc1ccccc1N2c1ccc2c(c1)-c1cccc3c1B(O2)Oc1ccc(N2c4ccccc4Oc4ccccc42)cc1-3. The summed E-state index contributed by atoms with van der Waals surface area (Å²) in [5.41, 5.74) is 11.3. The maximum absolute atomic E-state index is 6.62. The molecule has 0 amide bonds. The van der Waals surface area contributed by atoms with Gasteiger partial charge in [0.2, 0.25) is 0 Å². The highest BCUT2D eigenvalue weighted by atomic mass is 16.6. The van der Waals surface area contributed by atoms with E-state index < -0.39 is 7.12 Å². The van der Waals surface area contributed by atoms with Crippen molar-refractivity contribution in [1.29, 1.82) is 0 Å². The summed E-state index contributed by atoms with van der Waals surface area (Å²) in [5.74, 6) is 4.85. The maximum Gasteiger partial charge on any atom is 0.633 e. The van der Waals surface area contributed by atoms with Crippen LogP contribution in [0.1, 0.15) is 0 Å². The minimum absolute atomic E-state index is 0.558. The fourth-order valence-corrected chi connectivity index (χ4v) is 7.57. The van der Waals surface area contributed by atoms with Crippen molar-refractivity contribution in [2.24, 2.45) is 0 Å². The van der Waals surface area contributed by atoms with Gasteiger partial charge in [0.25, 0.3) is 0 Å². The van der Waals surface area contributed by atoms with Gasteiger partial charge in [-0.3, -0.25) is 0 Å². The highest BCUT2D eigenvalue weighted by Crippen LogP contribution is 2.54.